The van der Waals surface area contributed by atoms with Gasteiger partial charge >= 0.3 is 0 Å². The number of pyridine rings is 1. The van der Waals surface area contributed by atoms with E-state index in [-0.39, 0.29) is 0 Å². The third kappa shape index (κ3) is 2.62. The molecule has 0 amide bonds. The minimum Gasteiger partial charge on any atom is -0.396 e. The molecule has 0 radical (unpaired) electrons. The molecule has 3 N–H and O–H groups in total. The van der Waals surface area contributed by atoms with Crippen molar-refractivity contribution in [2.75, 3.05) is 11.1 Å². The second kappa shape index (κ2) is 5.38. The van der Waals surface area contributed by atoms with Crippen molar-refractivity contribution in [2.24, 2.45) is 0 Å². The molecule has 3 rings (SSSR count). The summed E-state index contributed by atoms with van der Waals surface area (Å²) >= 11 is 5.13. The molecule has 2 heterocycles. The summed E-state index contributed by atoms with van der Waals surface area (Å²) in [5.41, 5.74) is 9.56. The summed E-state index contributed by atoms with van der Waals surface area (Å²) in [6, 6.07) is 5.96. The lowest BCUT2D eigenvalue weighted by molar-refractivity contribution is 1.08. The molecule has 0 spiro atoms. The summed E-state index contributed by atoms with van der Waals surface area (Å²) in [5.74, 6) is 0. The summed E-state index contributed by atoms with van der Waals surface area (Å²) < 4.78 is 1.01. The van der Waals surface area contributed by atoms with E-state index in [0.29, 0.717) is 12.2 Å². The van der Waals surface area contributed by atoms with Crippen LogP contribution in [-0.2, 0) is 6.54 Å². The predicted molar refractivity (Wildman–Crippen MR) is 88.0 cm³/mol. The number of benzene rings is 1. The first kappa shape index (κ1) is 13.3. The fourth-order valence-electron chi connectivity index (χ4n) is 2.03. The van der Waals surface area contributed by atoms with E-state index in [4.69, 9.17) is 5.73 Å². The Bertz CT molecular complexity index is 764. The fraction of sp³-hybridized carbons (Fsp3) is 0.143. The van der Waals surface area contributed by atoms with E-state index >= 15 is 0 Å². The van der Waals surface area contributed by atoms with Crippen LogP contribution in [0.5, 0.6) is 0 Å². The second-order valence-electron chi connectivity index (χ2n) is 4.49. The molecule has 0 aliphatic heterocycles. The van der Waals surface area contributed by atoms with Gasteiger partial charge in [0.05, 0.1) is 29.6 Å². The standard InChI is InChI=1S/C14H13BrN4S/c1-8-7-20-13(19-8)6-18-14-10-4-9(15)2-3-12(10)17-5-11(14)16/h2-5,7H,6,16H2,1H3,(H,17,18). The monoisotopic (exact) mass is 348 g/mol. The lowest BCUT2D eigenvalue weighted by Gasteiger charge is -2.11. The van der Waals surface area contributed by atoms with Gasteiger partial charge < -0.3 is 11.1 Å². The Kier molecular flexibility index (Phi) is 3.58. The molecule has 0 aliphatic rings. The Balaban J connectivity index is 1.97. The molecule has 0 atom stereocenters. The van der Waals surface area contributed by atoms with E-state index in [1.165, 1.54) is 0 Å². The summed E-state index contributed by atoms with van der Waals surface area (Å²) in [6.07, 6.45) is 1.69. The molecule has 0 saturated carbocycles. The maximum Gasteiger partial charge on any atom is 0.112 e. The molecule has 0 unspecified atom stereocenters. The molecule has 6 heteroatoms. The highest BCUT2D eigenvalue weighted by atomic mass is 79.9. The molecule has 0 saturated heterocycles. The fourth-order valence-corrected chi connectivity index (χ4v) is 3.10. The van der Waals surface area contributed by atoms with Gasteiger partial charge in [-0.2, -0.15) is 0 Å². The van der Waals surface area contributed by atoms with Crippen LogP contribution in [0.25, 0.3) is 10.9 Å². The van der Waals surface area contributed by atoms with Crippen molar-refractivity contribution < 1.29 is 0 Å². The number of thiazole rings is 1. The highest BCUT2D eigenvalue weighted by Gasteiger charge is 2.08. The van der Waals surface area contributed by atoms with Gasteiger partial charge in [0.25, 0.3) is 0 Å². The van der Waals surface area contributed by atoms with Crippen molar-refractivity contribution in [2.45, 2.75) is 13.5 Å². The highest BCUT2D eigenvalue weighted by molar-refractivity contribution is 9.10. The summed E-state index contributed by atoms with van der Waals surface area (Å²) in [6.45, 7) is 2.65. The third-order valence-corrected chi connectivity index (χ3v) is 4.40. The molecular weight excluding hydrogens is 336 g/mol. The zero-order valence-electron chi connectivity index (χ0n) is 10.9. The highest BCUT2D eigenvalue weighted by Crippen LogP contribution is 2.30. The van der Waals surface area contributed by atoms with Gasteiger partial charge in [-0.1, -0.05) is 15.9 Å². The van der Waals surface area contributed by atoms with Crippen molar-refractivity contribution in [3.63, 3.8) is 0 Å². The Hall–Kier alpha value is -1.66. The van der Waals surface area contributed by atoms with E-state index in [0.717, 1.165) is 31.8 Å². The van der Waals surface area contributed by atoms with Crippen LogP contribution in [0.1, 0.15) is 10.7 Å². The van der Waals surface area contributed by atoms with Crippen molar-refractivity contribution >= 4 is 49.5 Å². The van der Waals surface area contributed by atoms with Crippen LogP contribution in [-0.4, -0.2) is 9.97 Å². The molecule has 4 nitrogen and oxygen atoms in total. The lowest BCUT2D eigenvalue weighted by atomic mass is 10.1. The van der Waals surface area contributed by atoms with Crippen LogP contribution in [0.3, 0.4) is 0 Å². The second-order valence-corrected chi connectivity index (χ2v) is 6.34. The average molecular weight is 349 g/mol. The Morgan fingerprint density at radius 3 is 3.00 bits per heavy atom. The number of anilines is 2. The van der Waals surface area contributed by atoms with Crippen molar-refractivity contribution in [1.82, 2.24) is 9.97 Å². The van der Waals surface area contributed by atoms with Crippen molar-refractivity contribution in [3.8, 4) is 0 Å². The number of nitrogens with zero attached hydrogens (tertiary/aromatic N) is 2. The van der Waals surface area contributed by atoms with E-state index in [2.05, 4.69) is 31.2 Å². The summed E-state index contributed by atoms with van der Waals surface area (Å²) in [4.78, 5) is 8.79. The number of nitrogens with two attached hydrogens (primary N) is 1. The number of nitrogen functional groups attached to an aromatic ring is 1. The van der Waals surface area contributed by atoms with Crippen LogP contribution in [0.15, 0.2) is 34.2 Å². The van der Waals surface area contributed by atoms with E-state index in [1.54, 1.807) is 17.5 Å². The van der Waals surface area contributed by atoms with Crippen molar-refractivity contribution in [3.05, 3.63) is 45.0 Å². The minimum atomic E-state index is 0.642. The molecule has 2 aromatic heterocycles. The van der Waals surface area contributed by atoms with Crippen LogP contribution in [0.4, 0.5) is 11.4 Å². The number of aromatic nitrogens is 2. The minimum absolute atomic E-state index is 0.642. The molecule has 102 valence electrons. The lowest BCUT2D eigenvalue weighted by Crippen LogP contribution is -2.04. The van der Waals surface area contributed by atoms with Crippen molar-refractivity contribution in [1.29, 1.82) is 0 Å². The Labute approximate surface area is 129 Å². The number of hydrogen-bond donors (Lipinski definition) is 2. The zero-order chi connectivity index (χ0) is 14.1. The molecule has 20 heavy (non-hydrogen) atoms. The average Bonchev–Trinajstić information content (AvgIpc) is 2.83. The van der Waals surface area contributed by atoms with Gasteiger partial charge in [0.15, 0.2) is 0 Å². The van der Waals surface area contributed by atoms with Gasteiger partial charge in [-0.3, -0.25) is 4.98 Å². The van der Waals surface area contributed by atoms with E-state index < -0.39 is 0 Å². The van der Waals surface area contributed by atoms with Crippen LogP contribution >= 0.6 is 27.3 Å². The first-order chi connectivity index (χ1) is 9.63. The number of halogens is 1. The SMILES string of the molecule is Cc1csc(CNc2c(N)cnc3ccc(Br)cc23)n1. The molecule has 1 aromatic carbocycles. The number of nitrogens with one attached hydrogen (secondary N) is 1. The zero-order valence-corrected chi connectivity index (χ0v) is 13.3. The molecule has 0 fully saturated rings. The Morgan fingerprint density at radius 2 is 2.25 bits per heavy atom. The largest absolute Gasteiger partial charge is 0.396 e. The molecule has 0 aliphatic carbocycles. The van der Waals surface area contributed by atoms with Crippen LogP contribution in [0.2, 0.25) is 0 Å². The van der Waals surface area contributed by atoms with E-state index in [1.807, 2.05) is 30.5 Å². The molecule has 3 aromatic rings. The topological polar surface area (TPSA) is 63.8 Å². The normalized spacial score (nSPS) is 10.9. The van der Waals surface area contributed by atoms with Gasteiger partial charge in [0.2, 0.25) is 0 Å². The smallest absolute Gasteiger partial charge is 0.112 e. The van der Waals surface area contributed by atoms with Gasteiger partial charge in [-0.25, -0.2) is 4.98 Å². The maximum atomic E-state index is 6.05. The maximum absolute atomic E-state index is 6.05. The van der Waals surface area contributed by atoms with Gasteiger partial charge in [0.1, 0.15) is 5.01 Å². The first-order valence-electron chi connectivity index (χ1n) is 6.12. The quantitative estimate of drug-likeness (QED) is 0.751. The predicted octanol–water partition coefficient (Wildman–Crippen LogP) is 3.96. The first-order valence-corrected chi connectivity index (χ1v) is 7.79. The molecular formula is C14H13BrN4S. The number of rotatable bonds is 3. The number of hydrogen-bond acceptors (Lipinski definition) is 5. The summed E-state index contributed by atoms with van der Waals surface area (Å²) in [5, 5.41) is 7.47. The Morgan fingerprint density at radius 1 is 1.40 bits per heavy atom. The third-order valence-electron chi connectivity index (χ3n) is 2.94. The van der Waals surface area contributed by atoms with Crippen LogP contribution in [0, 0.1) is 6.92 Å². The number of aryl methyl sites for hydroxylation is 1. The summed E-state index contributed by atoms with van der Waals surface area (Å²) in [7, 11) is 0. The number of fused-ring (bicyclic) bond motifs is 1. The van der Waals surface area contributed by atoms with E-state index in [9.17, 15) is 0 Å². The van der Waals surface area contributed by atoms with Gasteiger partial charge in [0, 0.05) is 20.9 Å². The van der Waals surface area contributed by atoms with Crippen LogP contribution < -0.4 is 11.1 Å². The van der Waals surface area contributed by atoms with Gasteiger partial charge in [-0.05, 0) is 25.1 Å². The van der Waals surface area contributed by atoms with Gasteiger partial charge in [-0.15, -0.1) is 11.3 Å². The molecule has 0 bridgehead atoms.